The second-order valence-corrected chi connectivity index (χ2v) is 7.22. The summed E-state index contributed by atoms with van der Waals surface area (Å²) in [4.78, 5) is 29.2. The number of aromatic nitrogens is 3. The van der Waals surface area contributed by atoms with Crippen LogP contribution in [-0.4, -0.2) is 32.6 Å². The predicted molar refractivity (Wildman–Crippen MR) is 110 cm³/mol. The first kappa shape index (κ1) is 20.3. The van der Waals surface area contributed by atoms with Gasteiger partial charge in [-0.15, -0.1) is 0 Å². The summed E-state index contributed by atoms with van der Waals surface area (Å²) in [6.07, 6.45) is 3.11. The van der Waals surface area contributed by atoms with E-state index >= 15 is 0 Å². The first-order valence-electron chi connectivity index (χ1n) is 9.57. The molecule has 2 N–H and O–H groups in total. The highest BCUT2D eigenvalue weighted by molar-refractivity contribution is 5.97. The van der Waals surface area contributed by atoms with E-state index < -0.39 is 6.04 Å². The third-order valence-electron chi connectivity index (χ3n) is 4.71. The quantitative estimate of drug-likeness (QED) is 0.648. The van der Waals surface area contributed by atoms with Crippen LogP contribution < -0.4 is 10.6 Å². The van der Waals surface area contributed by atoms with Crippen molar-refractivity contribution in [3.63, 3.8) is 0 Å². The number of hydrogen-bond acceptors (Lipinski definition) is 4. The van der Waals surface area contributed by atoms with Gasteiger partial charge in [-0.25, -0.2) is 9.67 Å². The second kappa shape index (κ2) is 9.14. The summed E-state index contributed by atoms with van der Waals surface area (Å²) in [7, 11) is 0. The topological polar surface area (TPSA) is 88.9 Å². The van der Waals surface area contributed by atoms with Gasteiger partial charge in [0.1, 0.15) is 18.7 Å². The SMILES string of the molecule is CC(NC(=O)C(NC(=O)c1ccccc1)C(C)C)c1ccc(-n2cncn2)cc1. The number of nitrogens with zero attached hydrogens (tertiary/aromatic N) is 3. The van der Waals surface area contributed by atoms with E-state index in [1.165, 1.54) is 6.33 Å². The van der Waals surface area contributed by atoms with Crippen LogP contribution in [0.3, 0.4) is 0 Å². The number of amides is 2. The normalized spacial score (nSPS) is 13.0. The highest BCUT2D eigenvalue weighted by Gasteiger charge is 2.26. The van der Waals surface area contributed by atoms with Crippen LogP contribution in [0.4, 0.5) is 0 Å². The van der Waals surface area contributed by atoms with Crippen molar-refractivity contribution < 1.29 is 9.59 Å². The molecule has 2 aromatic carbocycles. The van der Waals surface area contributed by atoms with Gasteiger partial charge in [-0.1, -0.05) is 44.2 Å². The van der Waals surface area contributed by atoms with E-state index in [1.54, 1.807) is 35.3 Å². The summed E-state index contributed by atoms with van der Waals surface area (Å²) in [6.45, 7) is 5.74. The Hall–Kier alpha value is -3.48. The van der Waals surface area contributed by atoms with E-state index in [4.69, 9.17) is 0 Å². The van der Waals surface area contributed by atoms with Gasteiger partial charge in [-0.05, 0) is 42.7 Å². The van der Waals surface area contributed by atoms with Crippen LogP contribution in [0, 0.1) is 5.92 Å². The molecule has 3 aromatic rings. The van der Waals surface area contributed by atoms with Crippen LogP contribution in [0.25, 0.3) is 5.69 Å². The van der Waals surface area contributed by atoms with Gasteiger partial charge in [0.15, 0.2) is 0 Å². The average Bonchev–Trinajstić information content (AvgIpc) is 3.27. The number of rotatable bonds is 7. The number of hydrogen-bond donors (Lipinski definition) is 2. The van der Waals surface area contributed by atoms with Gasteiger partial charge in [-0.2, -0.15) is 5.10 Å². The van der Waals surface area contributed by atoms with Gasteiger partial charge in [0, 0.05) is 5.56 Å². The summed E-state index contributed by atoms with van der Waals surface area (Å²) in [5, 5.41) is 9.95. The summed E-state index contributed by atoms with van der Waals surface area (Å²) >= 11 is 0. The van der Waals surface area contributed by atoms with Gasteiger partial charge >= 0.3 is 0 Å². The number of carbonyl (C=O) groups is 2. The summed E-state index contributed by atoms with van der Waals surface area (Å²) in [5.41, 5.74) is 2.38. The van der Waals surface area contributed by atoms with E-state index in [2.05, 4.69) is 20.7 Å². The van der Waals surface area contributed by atoms with Gasteiger partial charge in [0.05, 0.1) is 11.7 Å². The Morgan fingerprint density at radius 2 is 1.62 bits per heavy atom. The van der Waals surface area contributed by atoms with Crippen LogP contribution in [0.2, 0.25) is 0 Å². The van der Waals surface area contributed by atoms with Crippen LogP contribution in [0.1, 0.15) is 42.7 Å². The smallest absolute Gasteiger partial charge is 0.251 e. The highest BCUT2D eigenvalue weighted by Crippen LogP contribution is 2.16. The molecule has 3 rings (SSSR count). The molecule has 0 saturated heterocycles. The number of nitrogens with one attached hydrogen (secondary N) is 2. The van der Waals surface area contributed by atoms with E-state index in [9.17, 15) is 9.59 Å². The first-order valence-corrected chi connectivity index (χ1v) is 9.57. The molecule has 150 valence electrons. The molecule has 0 fully saturated rings. The minimum absolute atomic E-state index is 0.0513. The van der Waals surface area contributed by atoms with Crippen molar-refractivity contribution in [3.05, 3.63) is 78.4 Å². The van der Waals surface area contributed by atoms with Crippen molar-refractivity contribution in [2.24, 2.45) is 5.92 Å². The van der Waals surface area contributed by atoms with Gasteiger partial charge in [-0.3, -0.25) is 9.59 Å². The van der Waals surface area contributed by atoms with E-state index in [-0.39, 0.29) is 23.8 Å². The van der Waals surface area contributed by atoms with Crippen molar-refractivity contribution in [2.75, 3.05) is 0 Å². The van der Waals surface area contributed by atoms with Crippen LogP contribution in [0.15, 0.2) is 67.3 Å². The Bertz CT molecular complexity index is 937. The Morgan fingerprint density at radius 1 is 0.931 bits per heavy atom. The molecule has 0 aliphatic heterocycles. The lowest BCUT2D eigenvalue weighted by molar-refractivity contribution is -0.124. The maximum Gasteiger partial charge on any atom is 0.251 e. The Balaban J connectivity index is 1.65. The lowest BCUT2D eigenvalue weighted by Gasteiger charge is -2.24. The molecule has 0 aliphatic rings. The zero-order valence-electron chi connectivity index (χ0n) is 16.7. The summed E-state index contributed by atoms with van der Waals surface area (Å²) < 4.78 is 1.67. The minimum atomic E-state index is -0.625. The second-order valence-electron chi connectivity index (χ2n) is 7.22. The van der Waals surface area contributed by atoms with Crippen molar-refractivity contribution >= 4 is 11.8 Å². The summed E-state index contributed by atoms with van der Waals surface area (Å²) in [6, 6.07) is 15.8. The molecule has 2 atom stereocenters. The zero-order chi connectivity index (χ0) is 20.8. The molecule has 0 radical (unpaired) electrons. The molecule has 2 amide bonds. The first-order chi connectivity index (χ1) is 14.0. The highest BCUT2D eigenvalue weighted by atomic mass is 16.2. The molecule has 7 nitrogen and oxygen atoms in total. The van der Waals surface area contributed by atoms with Crippen LogP contribution >= 0.6 is 0 Å². The fourth-order valence-electron chi connectivity index (χ4n) is 2.99. The Morgan fingerprint density at radius 3 is 2.21 bits per heavy atom. The minimum Gasteiger partial charge on any atom is -0.348 e. The molecular weight excluding hydrogens is 366 g/mol. The number of benzene rings is 2. The van der Waals surface area contributed by atoms with Crippen molar-refractivity contribution in [1.29, 1.82) is 0 Å². The van der Waals surface area contributed by atoms with Crippen LogP contribution in [0.5, 0.6) is 0 Å². The standard InChI is InChI=1S/C22H25N5O2/c1-15(2)20(26-21(28)18-7-5-4-6-8-18)22(29)25-16(3)17-9-11-19(12-10-17)27-14-23-13-24-27/h4-16,20H,1-3H3,(H,25,29)(H,26,28). The molecule has 0 bridgehead atoms. The van der Waals surface area contributed by atoms with Crippen molar-refractivity contribution in [3.8, 4) is 5.69 Å². The third kappa shape index (κ3) is 5.07. The Kier molecular flexibility index (Phi) is 6.39. The number of carbonyl (C=O) groups excluding carboxylic acids is 2. The van der Waals surface area contributed by atoms with Crippen LogP contribution in [-0.2, 0) is 4.79 Å². The van der Waals surface area contributed by atoms with Gasteiger partial charge < -0.3 is 10.6 Å². The lowest BCUT2D eigenvalue weighted by Crippen LogP contribution is -2.50. The molecule has 7 heteroatoms. The largest absolute Gasteiger partial charge is 0.348 e. The van der Waals surface area contributed by atoms with Gasteiger partial charge in [0.2, 0.25) is 5.91 Å². The summed E-state index contributed by atoms with van der Waals surface area (Å²) in [5.74, 6) is -0.522. The molecule has 29 heavy (non-hydrogen) atoms. The molecule has 0 saturated carbocycles. The van der Waals surface area contributed by atoms with Crippen molar-refractivity contribution in [2.45, 2.75) is 32.9 Å². The molecule has 1 heterocycles. The zero-order valence-corrected chi connectivity index (χ0v) is 16.7. The van der Waals surface area contributed by atoms with E-state index in [1.807, 2.05) is 51.1 Å². The predicted octanol–water partition coefficient (Wildman–Crippen LogP) is 2.90. The molecule has 0 aliphatic carbocycles. The fraction of sp³-hybridized carbons (Fsp3) is 0.273. The van der Waals surface area contributed by atoms with Crippen molar-refractivity contribution in [1.82, 2.24) is 25.4 Å². The molecule has 0 spiro atoms. The monoisotopic (exact) mass is 391 g/mol. The van der Waals surface area contributed by atoms with E-state index in [0.717, 1.165) is 11.3 Å². The molecular formula is C22H25N5O2. The fourth-order valence-corrected chi connectivity index (χ4v) is 2.99. The maximum atomic E-state index is 12.8. The molecule has 1 aromatic heterocycles. The molecule has 2 unspecified atom stereocenters. The van der Waals surface area contributed by atoms with Gasteiger partial charge in [0.25, 0.3) is 5.91 Å². The average molecular weight is 391 g/mol. The lowest BCUT2D eigenvalue weighted by atomic mass is 10.0. The maximum absolute atomic E-state index is 12.8. The Labute approximate surface area is 170 Å². The third-order valence-corrected chi connectivity index (χ3v) is 4.71. The van der Waals surface area contributed by atoms with E-state index in [0.29, 0.717) is 5.56 Å².